The lowest BCUT2D eigenvalue weighted by Gasteiger charge is -2.36. The summed E-state index contributed by atoms with van der Waals surface area (Å²) >= 11 is 0.925. The maximum absolute atomic E-state index is 14.7. The van der Waals surface area contributed by atoms with E-state index in [2.05, 4.69) is 9.37 Å². The molecule has 2 aromatic carbocycles. The van der Waals surface area contributed by atoms with Gasteiger partial charge in [-0.1, -0.05) is 69.5 Å². The molecule has 0 aliphatic carbocycles. The first kappa shape index (κ1) is 28.1. The monoisotopic (exact) mass is 551 g/mol. The first-order chi connectivity index (χ1) is 16.5. The normalized spacial score (nSPS) is 12.6. The summed E-state index contributed by atoms with van der Waals surface area (Å²) in [4.78, 5) is 18.5. The number of nitrogens with one attached hydrogen (secondary N) is 1. The van der Waals surface area contributed by atoms with E-state index in [-0.39, 0.29) is 32.3 Å². The van der Waals surface area contributed by atoms with Crippen molar-refractivity contribution < 1.29 is 22.0 Å². The summed E-state index contributed by atoms with van der Waals surface area (Å²) in [6, 6.07) is 10.0. The van der Waals surface area contributed by atoms with Gasteiger partial charge in [-0.2, -0.15) is 0 Å². The summed E-state index contributed by atoms with van der Waals surface area (Å²) in [5.41, 5.74) is 1.39. The summed E-state index contributed by atoms with van der Waals surface area (Å²) in [5, 5.41) is 0.0401. The van der Waals surface area contributed by atoms with Gasteiger partial charge in [0.1, 0.15) is 19.9 Å². The first-order valence-electron chi connectivity index (χ1n) is 11.3. The largest absolute Gasteiger partial charge is 0.291 e. The Hall–Kier alpha value is -2.47. The lowest BCUT2D eigenvalue weighted by atomic mass is 10.0. The smallest absolute Gasteiger partial charge is 0.246 e. The molecular formula is C25H31F2N3O3S2Si. The second-order valence-electron chi connectivity index (χ2n) is 10.3. The molecule has 0 fully saturated rings. The van der Waals surface area contributed by atoms with Gasteiger partial charge in [0, 0.05) is 12.6 Å². The van der Waals surface area contributed by atoms with Crippen molar-refractivity contribution in [1.29, 1.82) is 0 Å². The molecule has 0 aliphatic rings. The molecule has 6 nitrogen and oxygen atoms in total. The number of amides is 1. The van der Waals surface area contributed by atoms with Gasteiger partial charge in [0.2, 0.25) is 15.9 Å². The third-order valence-corrected chi connectivity index (χ3v) is 16.0. The van der Waals surface area contributed by atoms with E-state index < -0.39 is 29.9 Å². The predicted molar refractivity (Wildman–Crippen MR) is 143 cm³/mol. The average Bonchev–Trinajstić information content (AvgIpc) is 3.14. The molecule has 0 saturated heterocycles. The minimum atomic E-state index is -3.82. The number of aryl methyl sites for hydroxylation is 1. The molecule has 0 atom stereocenters. The summed E-state index contributed by atoms with van der Waals surface area (Å²) in [6.45, 7) is 11.5. The average molecular weight is 552 g/mol. The minimum Gasteiger partial charge on any atom is -0.291 e. The lowest BCUT2D eigenvalue weighted by molar-refractivity contribution is -0.117. The number of anilines is 1. The van der Waals surface area contributed by atoms with Crippen LogP contribution in [0.25, 0.3) is 11.1 Å². The van der Waals surface area contributed by atoms with Crippen molar-refractivity contribution >= 4 is 40.6 Å². The number of nitrogens with zero attached hydrogens (tertiary/aromatic N) is 2. The molecule has 3 rings (SSSR count). The Kier molecular flexibility index (Phi) is 7.90. The zero-order valence-electron chi connectivity index (χ0n) is 21.4. The number of hydrogen-bond acceptors (Lipinski definition) is 5. The van der Waals surface area contributed by atoms with Crippen molar-refractivity contribution in [2.45, 2.75) is 56.5 Å². The van der Waals surface area contributed by atoms with Crippen molar-refractivity contribution in [1.82, 2.24) is 9.37 Å². The number of rotatable bonds is 7. The molecule has 0 radical (unpaired) electrons. The standard InChI is InChI=1S/C25H31F2N3O3S2Si/c1-16-23(35(32,33)29-36(6,7)25(2,3)4)34-24(28-16)30(5)22(31)14-17-11-12-20(21(27)13-17)18-9-8-10-19(26)15-18/h8-13,15,29H,14H2,1-7H3. The van der Waals surface area contributed by atoms with Gasteiger partial charge < -0.3 is 0 Å². The SMILES string of the molecule is Cc1nc(N(C)C(=O)Cc2ccc(-c3cccc(F)c3)c(F)c2)sc1S(=O)(=O)N[Si](C)(C)C(C)(C)C. The Bertz CT molecular complexity index is 1400. The van der Waals surface area contributed by atoms with E-state index in [9.17, 15) is 22.0 Å². The van der Waals surface area contributed by atoms with Crippen LogP contribution in [0.2, 0.25) is 18.1 Å². The predicted octanol–water partition coefficient (Wildman–Crippen LogP) is 5.89. The molecule has 1 amide bonds. The number of benzene rings is 2. The molecule has 1 heterocycles. The van der Waals surface area contributed by atoms with Crippen LogP contribution < -0.4 is 9.29 Å². The van der Waals surface area contributed by atoms with Crippen LogP contribution in [0.1, 0.15) is 32.0 Å². The number of likely N-dealkylation sites (N-methyl/N-ethyl adjacent to an activating group) is 1. The molecule has 194 valence electrons. The van der Waals surface area contributed by atoms with Crippen molar-refractivity contribution in [2.75, 3.05) is 11.9 Å². The van der Waals surface area contributed by atoms with Gasteiger partial charge in [-0.25, -0.2) is 26.6 Å². The third kappa shape index (κ3) is 6.08. The highest BCUT2D eigenvalue weighted by molar-refractivity contribution is 7.93. The Labute approximate surface area is 216 Å². The van der Waals surface area contributed by atoms with Crippen LogP contribution in [0.3, 0.4) is 0 Å². The van der Waals surface area contributed by atoms with Gasteiger partial charge in [0.25, 0.3) is 0 Å². The molecule has 0 unspecified atom stereocenters. The number of sulfonamides is 1. The van der Waals surface area contributed by atoms with Gasteiger partial charge in [-0.05, 0) is 41.3 Å². The molecular weight excluding hydrogens is 521 g/mol. The van der Waals surface area contributed by atoms with E-state index >= 15 is 0 Å². The van der Waals surface area contributed by atoms with Crippen molar-refractivity contribution in [3.8, 4) is 11.1 Å². The Morgan fingerprint density at radius 2 is 1.81 bits per heavy atom. The van der Waals surface area contributed by atoms with E-state index in [4.69, 9.17) is 0 Å². The van der Waals surface area contributed by atoms with Crippen LogP contribution in [0, 0.1) is 18.6 Å². The number of carbonyl (C=O) groups excluding carboxylic acids is 1. The van der Waals surface area contributed by atoms with Crippen LogP contribution in [0.4, 0.5) is 13.9 Å². The van der Waals surface area contributed by atoms with E-state index in [1.165, 1.54) is 42.3 Å². The van der Waals surface area contributed by atoms with Crippen LogP contribution in [-0.2, 0) is 21.2 Å². The molecule has 3 aromatic rings. The zero-order valence-corrected chi connectivity index (χ0v) is 24.1. The highest BCUT2D eigenvalue weighted by Gasteiger charge is 2.40. The zero-order chi connectivity index (χ0) is 27.1. The number of halogens is 2. The van der Waals surface area contributed by atoms with E-state index in [0.29, 0.717) is 16.8 Å². The molecule has 11 heteroatoms. The van der Waals surface area contributed by atoms with Crippen molar-refractivity contribution in [3.05, 3.63) is 65.4 Å². The maximum Gasteiger partial charge on any atom is 0.246 e. The first-order valence-corrected chi connectivity index (χ1v) is 16.6. The van der Waals surface area contributed by atoms with Gasteiger partial charge in [-0.15, -0.1) is 0 Å². The van der Waals surface area contributed by atoms with Crippen LogP contribution >= 0.6 is 11.3 Å². The van der Waals surface area contributed by atoms with Crippen molar-refractivity contribution in [3.63, 3.8) is 0 Å². The van der Waals surface area contributed by atoms with Gasteiger partial charge in [-0.3, -0.25) is 9.69 Å². The molecule has 0 saturated carbocycles. The minimum absolute atomic E-state index is 0.0764. The second kappa shape index (κ2) is 10.1. The van der Waals surface area contributed by atoms with E-state index in [1.54, 1.807) is 19.1 Å². The van der Waals surface area contributed by atoms with Crippen LogP contribution in [-0.4, -0.2) is 34.6 Å². The number of hydrogen-bond donors (Lipinski definition) is 1. The quantitative estimate of drug-likeness (QED) is 0.372. The fourth-order valence-electron chi connectivity index (χ4n) is 3.26. The summed E-state index contributed by atoms with van der Waals surface area (Å²) < 4.78 is 57.5. The second-order valence-corrected chi connectivity index (χ2v) is 18.5. The third-order valence-electron chi connectivity index (χ3n) is 6.44. The fraction of sp³-hybridized carbons (Fsp3) is 0.360. The highest BCUT2D eigenvalue weighted by atomic mass is 32.2. The Morgan fingerprint density at radius 1 is 1.14 bits per heavy atom. The van der Waals surface area contributed by atoms with Gasteiger partial charge in [0.15, 0.2) is 9.34 Å². The fourth-order valence-corrected chi connectivity index (χ4v) is 9.79. The summed E-state index contributed by atoms with van der Waals surface area (Å²) in [7, 11) is -4.68. The Balaban J connectivity index is 1.79. The number of thiazole rings is 1. The molecule has 36 heavy (non-hydrogen) atoms. The number of aromatic nitrogens is 1. The molecule has 1 N–H and O–H groups in total. The van der Waals surface area contributed by atoms with Crippen LogP contribution in [0.15, 0.2) is 46.7 Å². The van der Waals surface area contributed by atoms with Gasteiger partial charge >= 0.3 is 0 Å². The lowest BCUT2D eigenvalue weighted by Crippen LogP contribution is -2.54. The summed E-state index contributed by atoms with van der Waals surface area (Å²) in [6.07, 6.45) is -0.111. The van der Waals surface area contributed by atoms with Crippen molar-refractivity contribution in [2.24, 2.45) is 0 Å². The molecule has 0 aliphatic heterocycles. The van der Waals surface area contributed by atoms with E-state index in [0.717, 1.165) is 11.3 Å². The van der Waals surface area contributed by atoms with E-state index in [1.807, 2.05) is 33.9 Å². The topological polar surface area (TPSA) is 79.4 Å². The van der Waals surface area contributed by atoms with Gasteiger partial charge in [0.05, 0.1) is 12.1 Å². The highest BCUT2D eigenvalue weighted by Crippen LogP contribution is 2.37. The number of carbonyl (C=O) groups is 1. The molecule has 0 bridgehead atoms. The maximum atomic E-state index is 14.7. The molecule has 1 aromatic heterocycles. The molecule has 0 spiro atoms. The Morgan fingerprint density at radius 3 is 2.39 bits per heavy atom. The summed E-state index contributed by atoms with van der Waals surface area (Å²) in [5.74, 6) is -1.40. The van der Waals surface area contributed by atoms with Crippen LogP contribution in [0.5, 0.6) is 0 Å².